The van der Waals surface area contributed by atoms with Gasteiger partial charge in [-0.05, 0) is 37.8 Å². The number of rotatable bonds is 4. The first-order valence-electron chi connectivity index (χ1n) is 9.71. The molecule has 2 aliphatic heterocycles. The average Bonchev–Trinajstić information content (AvgIpc) is 3.40. The number of para-hydroxylation sites is 2. The lowest BCUT2D eigenvalue weighted by Crippen LogP contribution is -2.34. The first kappa shape index (κ1) is 17.1. The molecule has 0 unspecified atom stereocenters. The first-order valence-corrected chi connectivity index (χ1v) is 9.71. The Morgan fingerprint density at radius 2 is 1.85 bits per heavy atom. The maximum absolute atomic E-state index is 12.8. The summed E-state index contributed by atoms with van der Waals surface area (Å²) in [6, 6.07) is 7.92. The minimum atomic E-state index is -0.0266. The smallest absolute Gasteiger partial charge is 0.242 e. The Kier molecular flexibility index (Phi) is 4.66. The van der Waals surface area contributed by atoms with Crippen LogP contribution in [0.15, 0.2) is 24.3 Å². The predicted octanol–water partition coefficient (Wildman–Crippen LogP) is 2.73. The molecule has 1 atom stereocenters. The molecule has 1 aromatic heterocycles. The van der Waals surface area contributed by atoms with Gasteiger partial charge < -0.3 is 14.4 Å². The summed E-state index contributed by atoms with van der Waals surface area (Å²) in [7, 11) is 0. The van der Waals surface area contributed by atoms with Crippen LogP contribution >= 0.6 is 0 Å². The van der Waals surface area contributed by atoms with E-state index in [0.717, 1.165) is 62.2 Å². The maximum Gasteiger partial charge on any atom is 0.242 e. The number of hydrogen-bond acceptors (Lipinski definition) is 3. The molecular weight excluding hydrogens is 328 g/mol. The Morgan fingerprint density at radius 3 is 2.62 bits per heavy atom. The number of carbonyl (C=O) groups is 2. The number of benzene rings is 1. The van der Waals surface area contributed by atoms with Crippen molar-refractivity contribution in [1.82, 2.24) is 19.4 Å². The van der Waals surface area contributed by atoms with Gasteiger partial charge >= 0.3 is 0 Å². The summed E-state index contributed by atoms with van der Waals surface area (Å²) in [4.78, 5) is 33.9. The number of likely N-dealkylation sites (tertiary alicyclic amines) is 2. The number of aromatic nitrogens is 2. The van der Waals surface area contributed by atoms with Crippen molar-refractivity contribution < 1.29 is 9.59 Å². The van der Waals surface area contributed by atoms with E-state index < -0.39 is 0 Å². The fraction of sp³-hybridized carbons (Fsp3) is 0.550. The van der Waals surface area contributed by atoms with Crippen LogP contribution in [0.3, 0.4) is 0 Å². The van der Waals surface area contributed by atoms with E-state index in [1.54, 1.807) is 0 Å². The third-order valence-corrected chi connectivity index (χ3v) is 5.61. The van der Waals surface area contributed by atoms with Gasteiger partial charge in [0.25, 0.3) is 0 Å². The molecule has 0 radical (unpaired) electrons. The van der Waals surface area contributed by atoms with Crippen LogP contribution in [-0.2, 0) is 16.1 Å². The van der Waals surface area contributed by atoms with Crippen molar-refractivity contribution >= 4 is 22.8 Å². The monoisotopic (exact) mass is 354 g/mol. The number of carbonyl (C=O) groups excluding carboxylic acids is 2. The summed E-state index contributed by atoms with van der Waals surface area (Å²) in [5.41, 5.74) is 1.87. The molecule has 26 heavy (non-hydrogen) atoms. The highest BCUT2D eigenvalue weighted by atomic mass is 16.2. The molecule has 6 heteroatoms. The summed E-state index contributed by atoms with van der Waals surface area (Å²) >= 11 is 0. The SMILES string of the molecule is CCC(=O)N1CCC[C@H]1c1nc2ccccc2n1CC(=O)N1CCCC1. The average molecular weight is 354 g/mol. The highest BCUT2D eigenvalue weighted by Crippen LogP contribution is 2.34. The van der Waals surface area contributed by atoms with Crippen LogP contribution < -0.4 is 0 Å². The first-order chi connectivity index (χ1) is 12.7. The number of imidazole rings is 1. The Bertz CT molecular complexity index is 822. The molecule has 2 amide bonds. The van der Waals surface area contributed by atoms with Crippen LogP contribution in [0.2, 0.25) is 0 Å². The van der Waals surface area contributed by atoms with Crippen LogP contribution in [0.5, 0.6) is 0 Å². The van der Waals surface area contributed by atoms with Gasteiger partial charge in [0.05, 0.1) is 17.1 Å². The second-order valence-corrected chi connectivity index (χ2v) is 7.23. The van der Waals surface area contributed by atoms with Crippen molar-refractivity contribution in [2.75, 3.05) is 19.6 Å². The van der Waals surface area contributed by atoms with E-state index in [2.05, 4.69) is 0 Å². The van der Waals surface area contributed by atoms with Crippen molar-refractivity contribution in [3.8, 4) is 0 Å². The minimum absolute atomic E-state index is 0.0266. The third kappa shape index (κ3) is 2.97. The van der Waals surface area contributed by atoms with Gasteiger partial charge in [-0.1, -0.05) is 19.1 Å². The zero-order chi connectivity index (χ0) is 18.1. The van der Waals surface area contributed by atoms with Gasteiger partial charge in [0.15, 0.2) is 0 Å². The predicted molar refractivity (Wildman–Crippen MR) is 99.5 cm³/mol. The third-order valence-electron chi connectivity index (χ3n) is 5.61. The van der Waals surface area contributed by atoms with Gasteiger partial charge in [0.2, 0.25) is 11.8 Å². The molecule has 6 nitrogen and oxygen atoms in total. The lowest BCUT2D eigenvalue weighted by atomic mass is 10.2. The molecule has 0 spiro atoms. The Labute approximate surface area is 153 Å². The normalized spacial score (nSPS) is 20.3. The zero-order valence-corrected chi connectivity index (χ0v) is 15.4. The molecule has 0 bridgehead atoms. The highest BCUT2D eigenvalue weighted by Gasteiger charge is 2.33. The Morgan fingerprint density at radius 1 is 1.08 bits per heavy atom. The van der Waals surface area contributed by atoms with Crippen LogP contribution in [0, 0.1) is 0 Å². The fourth-order valence-corrected chi connectivity index (χ4v) is 4.25. The summed E-state index contributed by atoms with van der Waals surface area (Å²) in [5.74, 6) is 1.17. The van der Waals surface area contributed by atoms with Gasteiger partial charge in [0, 0.05) is 26.1 Å². The molecule has 138 valence electrons. The Hall–Kier alpha value is -2.37. The van der Waals surface area contributed by atoms with E-state index in [1.165, 1.54) is 0 Å². The molecule has 3 heterocycles. The molecule has 2 aliphatic rings. The van der Waals surface area contributed by atoms with Crippen molar-refractivity contribution in [2.45, 2.75) is 51.6 Å². The molecule has 2 saturated heterocycles. The molecule has 4 rings (SSSR count). The molecule has 0 saturated carbocycles. The fourth-order valence-electron chi connectivity index (χ4n) is 4.25. The van der Waals surface area contributed by atoms with Crippen LogP contribution in [0.1, 0.15) is 50.9 Å². The molecule has 2 aromatic rings. The van der Waals surface area contributed by atoms with Crippen molar-refractivity contribution in [3.63, 3.8) is 0 Å². The van der Waals surface area contributed by atoms with E-state index in [9.17, 15) is 9.59 Å². The summed E-state index contributed by atoms with van der Waals surface area (Å²) < 4.78 is 2.04. The van der Waals surface area contributed by atoms with E-state index in [0.29, 0.717) is 13.0 Å². The lowest BCUT2D eigenvalue weighted by molar-refractivity contribution is -0.131. The van der Waals surface area contributed by atoms with Crippen molar-refractivity contribution in [3.05, 3.63) is 30.1 Å². The second kappa shape index (κ2) is 7.09. The number of hydrogen-bond donors (Lipinski definition) is 0. The quantitative estimate of drug-likeness (QED) is 0.848. The van der Waals surface area contributed by atoms with Crippen molar-refractivity contribution in [2.24, 2.45) is 0 Å². The second-order valence-electron chi connectivity index (χ2n) is 7.23. The van der Waals surface area contributed by atoms with Gasteiger partial charge in [-0.3, -0.25) is 9.59 Å². The minimum Gasteiger partial charge on any atom is -0.341 e. The van der Waals surface area contributed by atoms with E-state index in [4.69, 9.17) is 4.98 Å². The molecule has 0 aliphatic carbocycles. The molecule has 2 fully saturated rings. The molecule has 1 aromatic carbocycles. The number of amides is 2. The summed E-state index contributed by atoms with van der Waals surface area (Å²) in [5, 5.41) is 0. The van der Waals surface area contributed by atoms with Crippen molar-refractivity contribution in [1.29, 1.82) is 0 Å². The van der Waals surface area contributed by atoms with Crippen LogP contribution in [0.4, 0.5) is 0 Å². The van der Waals surface area contributed by atoms with Gasteiger partial charge in [-0.15, -0.1) is 0 Å². The Balaban J connectivity index is 1.71. The number of fused-ring (bicyclic) bond motifs is 1. The number of nitrogens with zero attached hydrogens (tertiary/aromatic N) is 4. The lowest BCUT2D eigenvalue weighted by Gasteiger charge is -2.25. The molecule has 0 N–H and O–H groups in total. The van der Waals surface area contributed by atoms with Gasteiger partial charge in [-0.2, -0.15) is 0 Å². The van der Waals surface area contributed by atoms with E-state index >= 15 is 0 Å². The molecular formula is C20H26N4O2. The van der Waals surface area contributed by atoms with E-state index in [1.807, 2.05) is 45.6 Å². The zero-order valence-electron chi connectivity index (χ0n) is 15.4. The van der Waals surface area contributed by atoms with Gasteiger partial charge in [0.1, 0.15) is 12.4 Å². The van der Waals surface area contributed by atoms with Gasteiger partial charge in [-0.25, -0.2) is 4.98 Å². The van der Waals surface area contributed by atoms with Crippen LogP contribution in [-0.4, -0.2) is 50.8 Å². The summed E-state index contributed by atoms with van der Waals surface area (Å²) in [6.45, 7) is 4.69. The topological polar surface area (TPSA) is 58.4 Å². The van der Waals surface area contributed by atoms with E-state index in [-0.39, 0.29) is 17.9 Å². The highest BCUT2D eigenvalue weighted by molar-refractivity contribution is 5.82. The summed E-state index contributed by atoms with van der Waals surface area (Å²) in [6.07, 6.45) is 4.57. The largest absolute Gasteiger partial charge is 0.341 e. The standard InChI is InChI=1S/C20H26N4O2/c1-2-18(25)23-13-7-10-17(23)20-21-15-8-3-4-9-16(15)24(20)14-19(26)22-11-5-6-12-22/h3-4,8-9,17H,2,5-7,10-14H2,1H3/t17-/m0/s1. The maximum atomic E-state index is 12.8. The van der Waals surface area contributed by atoms with Crippen LogP contribution in [0.25, 0.3) is 11.0 Å².